The highest BCUT2D eigenvalue weighted by Crippen LogP contribution is 2.31. The van der Waals surface area contributed by atoms with Crippen molar-refractivity contribution < 1.29 is 9.53 Å². The highest BCUT2D eigenvalue weighted by molar-refractivity contribution is 9.10. The Morgan fingerprint density at radius 3 is 2.67 bits per heavy atom. The average Bonchev–Trinajstić information content (AvgIpc) is 2.45. The van der Waals surface area contributed by atoms with Crippen LogP contribution in [-0.2, 0) is 0 Å². The van der Waals surface area contributed by atoms with Crippen molar-refractivity contribution in [2.24, 2.45) is 0 Å². The summed E-state index contributed by atoms with van der Waals surface area (Å²) in [4.78, 5) is 12.4. The van der Waals surface area contributed by atoms with Gasteiger partial charge in [0.15, 0.2) is 0 Å². The van der Waals surface area contributed by atoms with E-state index < -0.39 is 0 Å². The Kier molecular flexibility index (Phi) is 4.91. The lowest BCUT2D eigenvalue weighted by Crippen LogP contribution is -2.14. The number of amides is 1. The van der Waals surface area contributed by atoms with Crippen molar-refractivity contribution in [3.05, 3.63) is 56.5 Å². The van der Waals surface area contributed by atoms with Crippen molar-refractivity contribution in [2.45, 2.75) is 13.8 Å². The smallest absolute Gasteiger partial charge is 0.256 e. The Morgan fingerprint density at radius 2 is 2.00 bits per heavy atom. The first kappa shape index (κ1) is 15.9. The Labute approximate surface area is 137 Å². The summed E-state index contributed by atoms with van der Waals surface area (Å²) in [6, 6.07) is 9.01. The summed E-state index contributed by atoms with van der Waals surface area (Å²) >= 11 is 9.49. The van der Waals surface area contributed by atoms with Crippen molar-refractivity contribution in [3.63, 3.8) is 0 Å². The van der Waals surface area contributed by atoms with Crippen LogP contribution in [0.2, 0.25) is 5.02 Å². The van der Waals surface area contributed by atoms with Crippen LogP contribution in [0.3, 0.4) is 0 Å². The Balaban J connectivity index is 2.36. The molecule has 21 heavy (non-hydrogen) atoms. The molecule has 0 bridgehead atoms. The van der Waals surface area contributed by atoms with Crippen LogP contribution in [0.5, 0.6) is 5.75 Å². The topological polar surface area (TPSA) is 38.3 Å². The van der Waals surface area contributed by atoms with Gasteiger partial charge in [0.1, 0.15) is 5.75 Å². The maximum atomic E-state index is 12.4. The number of ether oxygens (including phenoxy) is 1. The lowest BCUT2D eigenvalue weighted by atomic mass is 10.1. The van der Waals surface area contributed by atoms with Gasteiger partial charge in [-0.05, 0) is 43.2 Å². The van der Waals surface area contributed by atoms with Gasteiger partial charge in [0.05, 0.1) is 12.8 Å². The third-order valence-corrected chi connectivity index (χ3v) is 4.51. The number of aryl methyl sites for hydroxylation is 1. The van der Waals surface area contributed by atoms with E-state index in [1.165, 1.54) is 0 Å². The first-order valence-corrected chi connectivity index (χ1v) is 7.51. The minimum Gasteiger partial charge on any atom is -0.495 e. The molecule has 3 nitrogen and oxygen atoms in total. The van der Waals surface area contributed by atoms with Gasteiger partial charge in [-0.15, -0.1) is 0 Å². The van der Waals surface area contributed by atoms with E-state index in [4.69, 9.17) is 16.3 Å². The number of halogens is 2. The van der Waals surface area contributed by atoms with E-state index in [-0.39, 0.29) is 5.91 Å². The van der Waals surface area contributed by atoms with Crippen LogP contribution < -0.4 is 10.1 Å². The van der Waals surface area contributed by atoms with Crippen molar-refractivity contribution in [1.29, 1.82) is 0 Å². The molecular formula is C16H15BrClNO2. The molecule has 2 aromatic carbocycles. The van der Waals surface area contributed by atoms with Gasteiger partial charge in [0.2, 0.25) is 0 Å². The first-order chi connectivity index (χ1) is 9.93. The second kappa shape index (κ2) is 6.50. The van der Waals surface area contributed by atoms with Crippen LogP contribution in [0, 0.1) is 13.8 Å². The molecule has 0 radical (unpaired) electrons. The molecule has 2 rings (SSSR count). The molecule has 1 N–H and O–H groups in total. The summed E-state index contributed by atoms with van der Waals surface area (Å²) < 4.78 is 6.16. The minimum absolute atomic E-state index is 0.186. The highest BCUT2D eigenvalue weighted by atomic mass is 79.9. The molecule has 0 unspecified atom stereocenters. The minimum atomic E-state index is -0.186. The van der Waals surface area contributed by atoms with E-state index >= 15 is 0 Å². The molecule has 0 aliphatic carbocycles. The molecule has 0 aliphatic rings. The lowest BCUT2D eigenvalue weighted by Gasteiger charge is -2.13. The van der Waals surface area contributed by atoms with Gasteiger partial charge in [-0.25, -0.2) is 0 Å². The summed E-state index contributed by atoms with van der Waals surface area (Å²) in [5.74, 6) is 0.348. The normalized spacial score (nSPS) is 10.3. The number of anilines is 1. The van der Waals surface area contributed by atoms with Gasteiger partial charge in [0, 0.05) is 21.1 Å². The summed E-state index contributed by atoms with van der Waals surface area (Å²) in [6.07, 6.45) is 0. The van der Waals surface area contributed by atoms with E-state index in [0.717, 1.165) is 15.6 Å². The summed E-state index contributed by atoms with van der Waals surface area (Å²) in [5, 5.41) is 3.47. The first-order valence-electron chi connectivity index (χ1n) is 6.34. The molecule has 110 valence electrons. The third kappa shape index (κ3) is 3.39. The molecule has 0 saturated heterocycles. The number of methoxy groups -OCH3 is 1. The second-order valence-electron chi connectivity index (χ2n) is 4.67. The number of hydrogen-bond acceptors (Lipinski definition) is 2. The van der Waals surface area contributed by atoms with Crippen molar-refractivity contribution >= 4 is 39.1 Å². The monoisotopic (exact) mass is 367 g/mol. The number of carbonyl (C=O) groups is 1. The van der Waals surface area contributed by atoms with Crippen LogP contribution >= 0.6 is 27.5 Å². The number of carbonyl (C=O) groups excluding carboxylic acids is 1. The van der Waals surface area contributed by atoms with E-state index in [2.05, 4.69) is 21.2 Å². The predicted molar refractivity (Wildman–Crippen MR) is 89.6 cm³/mol. The zero-order chi connectivity index (χ0) is 15.6. The van der Waals surface area contributed by atoms with Crippen LogP contribution in [0.4, 0.5) is 5.69 Å². The molecule has 5 heteroatoms. The van der Waals surface area contributed by atoms with E-state index in [1.807, 2.05) is 26.0 Å². The summed E-state index contributed by atoms with van der Waals surface area (Å²) in [6.45, 7) is 3.77. The molecule has 0 fully saturated rings. The Hall–Kier alpha value is -1.52. The second-order valence-corrected chi connectivity index (χ2v) is 5.93. The van der Waals surface area contributed by atoms with E-state index in [0.29, 0.717) is 22.0 Å². The maximum Gasteiger partial charge on any atom is 0.256 e. The molecular weight excluding hydrogens is 354 g/mol. The fourth-order valence-corrected chi connectivity index (χ4v) is 2.49. The van der Waals surface area contributed by atoms with Crippen LogP contribution in [0.1, 0.15) is 21.5 Å². The Bertz CT molecular complexity index is 701. The SMILES string of the molecule is COc1cc(Cl)c(C)cc1NC(=O)c1cccc(Br)c1C. The average molecular weight is 369 g/mol. The largest absolute Gasteiger partial charge is 0.495 e. The molecule has 0 heterocycles. The lowest BCUT2D eigenvalue weighted by molar-refractivity contribution is 0.102. The van der Waals surface area contributed by atoms with Gasteiger partial charge in [0.25, 0.3) is 5.91 Å². The van der Waals surface area contributed by atoms with Gasteiger partial charge < -0.3 is 10.1 Å². The summed E-state index contributed by atoms with van der Waals surface area (Å²) in [5.41, 5.74) is 2.97. The zero-order valence-electron chi connectivity index (χ0n) is 12.0. The van der Waals surface area contributed by atoms with Gasteiger partial charge >= 0.3 is 0 Å². The molecule has 0 saturated carbocycles. The molecule has 2 aromatic rings. The number of hydrogen-bond donors (Lipinski definition) is 1. The van der Waals surface area contributed by atoms with Crippen LogP contribution in [-0.4, -0.2) is 13.0 Å². The van der Waals surface area contributed by atoms with Gasteiger partial charge in [-0.2, -0.15) is 0 Å². The Morgan fingerprint density at radius 1 is 1.29 bits per heavy atom. The summed E-state index contributed by atoms with van der Waals surface area (Å²) in [7, 11) is 1.54. The number of rotatable bonds is 3. The van der Waals surface area contributed by atoms with Crippen molar-refractivity contribution in [1.82, 2.24) is 0 Å². The predicted octanol–water partition coefficient (Wildman–Crippen LogP) is 4.98. The number of benzene rings is 2. The fourth-order valence-electron chi connectivity index (χ4n) is 1.97. The maximum absolute atomic E-state index is 12.4. The van der Waals surface area contributed by atoms with Crippen LogP contribution in [0.15, 0.2) is 34.8 Å². The standard InChI is InChI=1S/C16H15BrClNO2/c1-9-7-14(15(21-3)8-13(9)18)19-16(20)11-5-4-6-12(17)10(11)2/h4-8H,1-3H3,(H,19,20). The van der Waals surface area contributed by atoms with E-state index in [9.17, 15) is 4.79 Å². The van der Waals surface area contributed by atoms with Crippen LogP contribution in [0.25, 0.3) is 0 Å². The van der Waals surface area contributed by atoms with Crippen molar-refractivity contribution in [3.8, 4) is 5.75 Å². The van der Waals surface area contributed by atoms with Gasteiger partial charge in [-0.1, -0.05) is 33.6 Å². The van der Waals surface area contributed by atoms with Crippen molar-refractivity contribution in [2.75, 3.05) is 12.4 Å². The zero-order valence-corrected chi connectivity index (χ0v) is 14.3. The fraction of sp³-hybridized carbons (Fsp3) is 0.188. The van der Waals surface area contributed by atoms with Gasteiger partial charge in [-0.3, -0.25) is 4.79 Å². The highest BCUT2D eigenvalue weighted by Gasteiger charge is 2.14. The quantitative estimate of drug-likeness (QED) is 0.829. The molecule has 0 spiro atoms. The third-order valence-electron chi connectivity index (χ3n) is 3.24. The molecule has 0 atom stereocenters. The molecule has 0 aromatic heterocycles. The number of nitrogens with one attached hydrogen (secondary N) is 1. The molecule has 0 aliphatic heterocycles. The van der Waals surface area contributed by atoms with E-state index in [1.54, 1.807) is 25.3 Å². The molecule has 1 amide bonds.